The maximum Gasteiger partial charge on any atom is 0.297 e. The fourth-order valence-electron chi connectivity index (χ4n) is 2.24. The molecule has 5 heteroatoms. The molecular weight excluding hydrogens is 310 g/mol. The van der Waals surface area contributed by atoms with Crippen LogP contribution in [0, 0.1) is 6.92 Å². The summed E-state index contributed by atoms with van der Waals surface area (Å²) >= 11 is 0. The first-order valence-corrected chi connectivity index (χ1v) is 9.14. The molecule has 124 valence electrons. The second-order valence-electron chi connectivity index (χ2n) is 5.44. The van der Waals surface area contributed by atoms with Gasteiger partial charge in [0.2, 0.25) is 0 Å². The number of hydrogen-bond donors (Lipinski definition) is 0. The van der Waals surface area contributed by atoms with Gasteiger partial charge in [0.05, 0.1) is 11.5 Å². The van der Waals surface area contributed by atoms with E-state index in [0.717, 1.165) is 18.7 Å². The molecule has 23 heavy (non-hydrogen) atoms. The smallest absolute Gasteiger partial charge is 0.297 e. The van der Waals surface area contributed by atoms with Crippen molar-refractivity contribution in [2.75, 3.05) is 19.7 Å². The molecule has 0 heterocycles. The van der Waals surface area contributed by atoms with Gasteiger partial charge in [-0.15, -0.1) is 0 Å². The highest BCUT2D eigenvalue weighted by Crippen LogP contribution is 2.13. The largest absolute Gasteiger partial charge is 0.297 e. The van der Waals surface area contributed by atoms with Gasteiger partial charge in [0.15, 0.2) is 0 Å². The van der Waals surface area contributed by atoms with E-state index in [1.54, 1.807) is 24.3 Å². The molecule has 2 aromatic carbocycles. The van der Waals surface area contributed by atoms with Crippen molar-refractivity contribution in [1.82, 2.24) is 4.90 Å². The van der Waals surface area contributed by atoms with E-state index >= 15 is 0 Å². The van der Waals surface area contributed by atoms with Crippen LogP contribution >= 0.6 is 0 Å². The van der Waals surface area contributed by atoms with Crippen LogP contribution in [0.1, 0.15) is 18.1 Å². The van der Waals surface area contributed by atoms with Gasteiger partial charge >= 0.3 is 0 Å². The first kappa shape index (κ1) is 17.7. The Bertz CT molecular complexity index is 697. The molecule has 0 amide bonds. The van der Waals surface area contributed by atoms with Crippen molar-refractivity contribution in [3.05, 3.63) is 65.7 Å². The van der Waals surface area contributed by atoms with E-state index in [2.05, 4.69) is 24.0 Å². The van der Waals surface area contributed by atoms with Gasteiger partial charge in [0, 0.05) is 13.1 Å². The highest BCUT2D eigenvalue weighted by atomic mass is 32.2. The molecule has 4 nitrogen and oxygen atoms in total. The predicted octanol–water partition coefficient (Wildman–Crippen LogP) is 3.22. The quantitative estimate of drug-likeness (QED) is 0.696. The first-order valence-electron chi connectivity index (χ1n) is 7.73. The van der Waals surface area contributed by atoms with Gasteiger partial charge in [-0.25, -0.2) is 0 Å². The lowest BCUT2D eigenvalue weighted by atomic mass is 10.2. The van der Waals surface area contributed by atoms with Crippen molar-refractivity contribution in [3.8, 4) is 0 Å². The fraction of sp³-hybridized carbons (Fsp3) is 0.333. The van der Waals surface area contributed by atoms with Crippen LogP contribution in [0.4, 0.5) is 0 Å². The van der Waals surface area contributed by atoms with Crippen LogP contribution in [0.25, 0.3) is 0 Å². The molecule has 0 unspecified atom stereocenters. The van der Waals surface area contributed by atoms with Crippen LogP contribution in [0.5, 0.6) is 0 Å². The average Bonchev–Trinajstić information content (AvgIpc) is 2.55. The summed E-state index contributed by atoms with van der Waals surface area (Å²) in [5.41, 5.74) is 2.22. The third-order valence-electron chi connectivity index (χ3n) is 3.65. The number of aryl methyl sites for hydroxylation is 1. The number of hydrogen-bond acceptors (Lipinski definition) is 4. The molecule has 0 spiro atoms. The fourth-order valence-corrected chi connectivity index (χ4v) is 3.14. The Hall–Kier alpha value is -1.69. The molecule has 0 aliphatic rings. The van der Waals surface area contributed by atoms with E-state index in [0.29, 0.717) is 6.54 Å². The minimum Gasteiger partial charge on any atom is -0.297 e. The molecule has 0 atom stereocenters. The van der Waals surface area contributed by atoms with E-state index in [1.165, 1.54) is 5.56 Å². The van der Waals surface area contributed by atoms with Gasteiger partial charge in [-0.1, -0.05) is 55.0 Å². The van der Waals surface area contributed by atoms with Gasteiger partial charge in [-0.05, 0) is 31.2 Å². The average molecular weight is 333 g/mol. The van der Waals surface area contributed by atoms with Crippen LogP contribution in [0.2, 0.25) is 0 Å². The summed E-state index contributed by atoms with van der Waals surface area (Å²) in [6.07, 6.45) is 0. The summed E-state index contributed by atoms with van der Waals surface area (Å²) in [6.45, 7) is 6.30. The van der Waals surface area contributed by atoms with Crippen molar-refractivity contribution < 1.29 is 12.6 Å². The van der Waals surface area contributed by atoms with E-state index in [9.17, 15) is 8.42 Å². The number of nitrogens with zero attached hydrogens (tertiary/aromatic N) is 1. The Morgan fingerprint density at radius 1 is 1.00 bits per heavy atom. The minimum absolute atomic E-state index is 0.150. The van der Waals surface area contributed by atoms with Crippen molar-refractivity contribution in [1.29, 1.82) is 0 Å². The summed E-state index contributed by atoms with van der Waals surface area (Å²) in [4.78, 5) is 2.36. The third kappa shape index (κ3) is 5.46. The first-order chi connectivity index (χ1) is 11.0. The third-order valence-corrected chi connectivity index (χ3v) is 4.98. The van der Waals surface area contributed by atoms with E-state index in [4.69, 9.17) is 4.18 Å². The van der Waals surface area contributed by atoms with E-state index in [1.807, 2.05) is 25.1 Å². The van der Waals surface area contributed by atoms with Crippen LogP contribution in [-0.4, -0.2) is 33.0 Å². The molecule has 0 aliphatic carbocycles. The van der Waals surface area contributed by atoms with Crippen molar-refractivity contribution in [3.63, 3.8) is 0 Å². The maximum absolute atomic E-state index is 12.1. The highest BCUT2D eigenvalue weighted by molar-refractivity contribution is 7.86. The molecule has 0 saturated heterocycles. The summed E-state index contributed by atoms with van der Waals surface area (Å²) in [5.74, 6) is 0. The van der Waals surface area contributed by atoms with Gasteiger partial charge in [0.25, 0.3) is 10.1 Å². The van der Waals surface area contributed by atoms with E-state index in [-0.39, 0.29) is 11.5 Å². The van der Waals surface area contributed by atoms with Gasteiger partial charge < -0.3 is 0 Å². The van der Waals surface area contributed by atoms with Crippen LogP contribution < -0.4 is 0 Å². The Balaban J connectivity index is 1.88. The zero-order valence-corrected chi connectivity index (χ0v) is 14.4. The molecule has 0 aromatic heterocycles. The zero-order valence-electron chi connectivity index (χ0n) is 13.6. The molecule has 0 fully saturated rings. The summed E-state index contributed by atoms with van der Waals surface area (Å²) in [5, 5.41) is 0. The zero-order chi connectivity index (χ0) is 16.7. The van der Waals surface area contributed by atoms with Crippen LogP contribution in [0.3, 0.4) is 0 Å². The molecular formula is C18H23NO3S. The number of benzene rings is 2. The Morgan fingerprint density at radius 3 is 2.26 bits per heavy atom. The molecule has 2 aromatic rings. The lowest BCUT2D eigenvalue weighted by molar-refractivity contribution is 0.213. The molecule has 0 aliphatic heterocycles. The van der Waals surface area contributed by atoms with E-state index < -0.39 is 10.1 Å². The number of rotatable bonds is 8. The molecule has 2 rings (SSSR count). The highest BCUT2D eigenvalue weighted by Gasteiger charge is 2.15. The number of likely N-dealkylation sites (N-methyl/N-ethyl adjacent to an activating group) is 1. The lowest BCUT2D eigenvalue weighted by Gasteiger charge is -2.20. The van der Waals surface area contributed by atoms with Gasteiger partial charge in [-0.3, -0.25) is 9.08 Å². The Labute approximate surface area is 138 Å². The molecule has 0 bridgehead atoms. The SMILES string of the molecule is CCN(CCOS(=O)(=O)c1ccc(C)cc1)Cc1ccccc1. The van der Waals surface area contributed by atoms with Crippen LogP contribution in [-0.2, 0) is 20.8 Å². The minimum atomic E-state index is -3.68. The monoisotopic (exact) mass is 333 g/mol. The van der Waals surface area contributed by atoms with Gasteiger partial charge in [0.1, 0.15) is 0 Å². The lowest BCUT2D eigenvalue weighted by Crippen LogP contribution is -2.27. The topological polar surface area (TPSA) is 46.6 Å². The normalized spacial score (nSPS) is 11.8. The summed E-state index contributed by atoms with van der Waals surface area (Å²) < 4.78 is 29.4. The van der Waals surface area contributed by atoms with Gasteiger partial charge in [-0.2, -0.15) is 8.42 Å². The Morgan fingerprint density at radius 2 is 1.65 bits per heavy atom. The van der Waals surface area contributed by atoms with Crippen molar-refractivity contribution >= 4 is 10.1 Å². The standard InChI is InChI=1S/C18H23NO3S/c1-3-19(15-17-7-5-4-6-8-17)13-14-22-23(20,21)18-11-9-16(2)10-12-18/h4-12H,3,13-15H2,1-2H3. The van der Waals surface area contributed by atoms with Crippen molar-refractivity contribution in [2.24, 2.45) is 0 Å². The summed E-state index contributed by atoms with van der Waals surface area (Å²) in [7, 11) is -3.68. The second-order valence-corrected chi connectivity index (χ2v) is 7.06. The second kappa shape index (κ2) is 8.24. The Kier molecular flexibility index (Phi) is 6.33. The van der Waals surface area contributed by atoms with Crippen molar-refractivity contribution in [2.45, 2.75) is 25.3 Å². The molecule has 0 N–H and O–H groups in total. The summed E-state index contributed by atoms with van der Waals surface area (Å²) in [6, 6.07) is 16.8. The molecule has 0 saturated carbocycles. The predicted molar refractivity (Wildman–Crippen MR) is 91.7 cm³/mol. The molecule has 0 radical (unpaired) electrons. The maximum atomic E-state index is 12.1. The van der Waals surface area contributed by atoms with Crippen LogP contribution in [0.15, 0.2) is 59.5 Å².